The number of piperidine rings is 1. The number of aromatic nitrogens is 1. The van der Waals surface area contributed by atoms with E-state index in [-0.39, 0.29) is 17.6 Å². The fourth-order valence-electron chi connectivity index (χ4n) is 2.07. The summed E-state index contributed by atoms with van der Waals surface area (Å²) in [5, 5.41) is 12.5. The van der Waals surface area contributed by atoms with Gasteiger partial charge in [0.15, 0.2) is 0 Å². The van der Waals surface area contributed by atoms with Crippen LogP contribution in [0.25, 0.3) is 0 Å². The molecule has 0 unspecified atom stereocenters. The Bertz CT molecular complexity index is 432. The van der Waals surface area contributed by atoms with Gasteiger partial charge in [-0.3, -0.25) is 4.79 Å². The van der Waals surface area contributed by atoms with Crippen LogP contribution in [0.1, 0.15) is 41.9 Å². The van der Waals surface area contributed by atoms with Crippen LogP contribution in [-0.2, 0) is 4.79 Å². The minimum absolute atomic E-state index is 0.0785. The molecule has 0 bridgehead atoms. The Balaban J connectivity index is 2.00. The van der Waals surface area contributed by atoms with E-state index < -0.39 is 5.97 Å². The van der Waals surface area contributed by atoms with Gasteiger partial charge in [0, 0.05) is 32.0 Å². The maximum Gasteiger partial charge on any atom is 0.374 e. The van der Waals surface area contributed by atoms with Gasteiger partial charge in [0.2, 0.25) is 11.7 Å². The molecule has 0 aliphatic carbocycles. The zero-order chi connectivity index (χ0) is 12.4. The largest absolute Gasteiger partial charge is 0.475 e. The van der Waals surface area contributed by atoms with E-state index in [1.54, 1.807) is 11.8 Å². The van der Waals surface area contributed by atoms with Crippen molar-refractivity contribution in [1.82, 2.24) is 10.1 Å². The molecule has 0 saturated carbocycles. The highest BCUT2D eigenvalue weighted by atomic mass is 16.5. The van der Waals surface area contributed by atoms with Crippen molar-refractivity contribution in [2.45, 2.75) is 25.7 Å². The van der Waals surface area contributed by atoms with E-state index in [9.17, 15) is 9.59 Å². The molecular weight excluding hydrogens is 224 g/mol. The average molecular weight is 238 g/mol. The molecule has 0 radical (unpaired) electrons. The lowest BCUT2D eigenvalue weighted by Crippen LogP contribution is -2.36. The third kappa shape index (κ3) is 2.46. The summed E-state index contributed by atoms with van der Waals surface area (Å²) in [6.45, 7) is 2.93. The second kappa shape index (κ2) is 4.57. The molecule has 1 saturated heterocycles. The summed E-state index contributed by atoms with van der Waals surface area (Å²) < 4.78 is 4.72. The molecule has 6 heteroatoms. The van der Waals surface area contributed by atoms with Crippen LogP contribution in [0.2, 0.25) is 0 Å². The Morgan fingerprint density at radius 2 is 2.12 bits per heavy atom. The molecule has 1 aliphatic rings. The molecule has 0 spiro atoms. The van der Waals surface area contributed by atoms with Crippen molar-refractivity contribution in [2.75, 3.05) is 13.1 Å². The molecule has 1 aliphatic heterocycles. The normalized spacial score (nSPS) is 17.1. The van der Waals surface area contributed by atoms with Crippen LogP contribution in [0.4, 0.5) is 0 Å². The monoisotopic (exact) mass is 238 g/mol. The summed E-state index contributed by atoms with van der Waals surface area (Å²) in [4.78, 5) is 23.6. The van der Waals surface area contributed by atoms with E-state index in [2.05, 4.69) is 5.16 Å². The number of hydrogen-bond donors (Lipinski definition) is 1. The SMILES string of the molecule is CC(=O)N1CCC(c2cc(C(=O)O)on2)CC1. The van der Waals surface area contributed by atoms with E-state index in [4.69, 9.17) is 9.63 Å². The zero-order valence-corrected chi connectivity index (χ0v) is 9.55. The maximum atomic E-state index is 11.1. The Morgan fingerprint density at radius 1 is 1.47 bits per heavy atom. The maximum absolute atomic E-state index is 11.1. The standard InChI is InChI=1S/C11H14N2O4/c1-7(14)13-4-2-8(3-5-13)9-6-10(11(15)16)17-12-9/h6,8H,2-5H2,1H3,(H,15,16). The smallest absolute Gasteiger partial charge is 0.374 e. The van der Waals surface area contributed by atoms with Gasteiger partial charge in [-0.2, -0.15) is 0 Å². The van der Waals surface area contributed by atoms with Crippen LogP contribution in [0.3, 0.4) is 0 Å². The van der Waals surface area contributed by atoms with Gasteiger partial charge < -0.3 is 14.5 Å². The van der Waals surface area contributed by atoms with Crippen molar-refractivity contribution in [3.8, 4) is 0 Å². The summed E-state index contributed by atoms with van der Waals surface area (Å²) in [7, 11) is 0. The minimum atomic E-state index is -1.11. The van der Waals surface area contributed by atoms with Crippen molar-refractivity contribution >= 4 is 11.9 Å². The molecule has 6 nitrogen and oxygen atoms in total. The van der Waals surface area contributed by atoms with Crippen LogP contribution >= 0.6 is 0 Å². The fourth-order valence-corrected chi connectivity index (χ4v) is 2.07. The third-order valence-electron chi connectivity index (χ3n) is 3.10. The fraction of sp³-hybridized carbons (Fsp3) is 0.545. The van der Waals surface area contributed by atoms with Crippen LogP contribution in [-0.4, -0.2) is 40.1 Å². The van der Waals surface area contributed by atoms with Gasteiger partial charge in [-0.05, 0) is 12.8 Å². The van der Waals surface area contributed by atoms with Gasteiger partial charge >= 0.3 is 5.97 Å². The topological polar surface area (TPSA) is 83.6 Å². The number of nitrogens with zero attached hydrogens (tertiary/aromatic N) is 2. The first kappa shape index (κ1) is 11.6. The molecule has 0 aromatic carbocycles. The Kier molecular flexibility index (Phi) is 3.12. The predicted molar refractivity (Wildman–Crippen MR) is 57.7 cm³/mol. The highest BCUT2D eigenvalue weighted by Crippen LogP contribution is 2.27. The summed E-state index contributed by atoms with van der Waals surface area (Å²) in [6.07, 6.45) is 1.59. The van der Waals surface area contributed by atoms with E-state index in [1.807, 2.05) is 0 Å². The molecule has 1 aromatic heterocycles. The van der Waals surface area contributed by atoms with Crippen molar-refractivity contribution in [2.24, 2.45) is 0 Å². The lowest BCUT2D eigenvalue weighted by atomic mass is 9.93. The first-order chi connectivity index (χ1) is 8.08. The predicted octanol–water partition coefficient (Wildman–Crippen LogP) is 1.10. The third-order valence-corrected chi connectivity index (χ3v) is 3.10. The summed E-state index contributed by atoms with van der Waals surface area (Å²) in [5.41, 5.74) is 0.672. The van der Waals surface area contributed by atoms with Crippen LogP contribution in [0, 0.1) is 0 Å². The molecule has 2 heterocycles. The van der Waals surface area contributed by atoms with Crippen LogP contribution < -0.4 is 0 Å². The highest BCUT2D eigenvalue weighted by Gasteiger charge is 2.25. The van der Waals surface area contributed by atoms with Gasteiger partial charge in [-0.25, -0.2) is 4.79 Å². The second-order valence-electron chi connectivity index (χ2n) is 4.20. The molecule has 0 atom stereocenters. The number of aromatic carboxylic acids is 1. The van der Waals surface area contributed by atoms with E-state index >= 15 is 0 Å². The number of hydrogen-bond acceptors (Lipinski definition) is 4. The van der Waals surface area contributed by atoms with Gasteiger partial charge in [-0.15, -0.1) is 0 Å². The van der Waals surface area contributed by atoms with E-state index in [0.717, 1.165) is 12.8 Å². The van der Waals surface area contributed by atoms with Crippen molar-refractivity contribution < 1.29 is 19.2 Å². The Labute approximate surface area is 98.2 Å². The summed E-state index contributed by atoms with van der Waals surface area (Å²) in [6, 6.07) is 1.47. The quantitative estimate of drug-likeness (QED) is 0.834. The average Bonchev–Trinajstić information content (AvgIpc) is 2.78. The number of rotatable bonds is 2. The lowest BCUT2D eigenvalue weighted by Gasteiger charge is -2.30. The van der Waals surface area contributed by atoms with Crippen LogP contribution in [0.15, 0.2) is 10.6 Å². The van der Waals surface area contributed by atoms with Crippen molar-refractivity contribution in [3.05, 3.63) is 17.5 Å². The molecular formula is C11H14N2O4. The van der Waals surface area contributed by atoms with E-state index in [0.29, 0.717) is 18.8 Å². The second-order valence-corrected chi connectivity index (χ2v) is 4.20. The molecule has 17 heavy (non-hydrogen) atoms. The number of amides is 1. The number of carbonyl (C=O) groups is 2. The van der Waals surface area contributed by atoms with Crippen molar-refractivity contribution in [3.63, 3.8) is 0 Å². The lowest BCUT2D eigenvalue weighted by molar-refractivity contribution is -0.129. The molecule has 2 rings (SSSR count). The minimum Gasteiger partial charge on any atom is -0.475 e. The number of carboxylic acids is 1. The highest BCUT2D eigenvalue weighted by molar-refractivity contribution is 5.84. The van der Waals surface area contributed by atoms with Gasteiger partial charge in [0.05, 0.1) is 5.69 Å². The first-order valence-corrected chi connectivity index (χ1v) is 5.53. The Morgan fingerprint density at radius 3 is 2.59 bits per heavy atom. The molecule has 92 valence electrons. The number of carbonyl (C=O) groups excluding carboxylic acids is 1. The van der Waals surface area contributed by atoms with Gasteiger partial charge in [-0.1, -0.05) is 5.16 Å². The van der Waals surface area contributed by atoms with Crippen LogP contribution in [0.5, 0.6) is 0 Å². The van der Waals surface area contributed by atoms with Gasteiger partial charge in [0.25, 0.3) is 0 Å². The molecule has 1 N–H and O–H groups in total. The molecule has 1 fully saturated rings. The van der Waals surface area contributed by atoms with E-state index in [1.165, 1.54) is 6.07 Å². The molecule has 1 aromatic rings. The summed E-state index contributed by atoms with van der Waals surface area (Å²) in [5.74, 6) is -0.976. The first-order valence-electron chi connectivity index (χ1n) is 5.53. The number of carboxylic acid groups (broad SMARTS) is 1. The number of likely N-dealkylation sites (tertiary alicyclic amines) is 1. The zero-order valence-electron chi connectivity index (χ0n) is 9.55. The summed E-state index contributed by atoms with van der Waals surface area (Å²) >= 11 is 0. The Hall–Kier alpha value is -1.85. The molecule has 1 amide bonds. The van der Waals surface area contributed by atoms with Crippen molar-refractivity contribution in [1.29, 1.82) is 0 Å². The van der Waals surface area contributed by atoms with Gasteiger partial charge in [0.1, 0.15) is 0 Å².